The van der Waals surface area contributed by atoms with E-state index in [9.17, 15) is 4.39 Å². The lowest BCUT2D eigenvalue weighted by atomic mass is 10.2. The molecule has 0 amide bonds. The highest BCUT2D eigenvalue weighted by molar-refractivity contribution is 5.52. The van der Waals surface area contributed by atoms with E-state index in [4.69, 9.17) is 8.94 Å². The van der Waals surface area contributed by atoms with Gasteiger partial charge in [-0.2, -0.15) is 4.98 Å². The fourth-order valence-electron chi connectivity index (χ4n) is 1.60. The largest absolute Gasteiger partial charge is 0.420 e. The van der Waals surface area contributed by atoms with Crippen LogP contribution in [0.3, 0.4) is 0 Å². The van der Waals surface area contributed by atoms with Crippen molar-refractivity contribution in [2.45, 2.75) is 13.3 Å². The molecule has 3 rings (SSSR count). The molecule has 0 aliphatic rings. The van der Waals surface area contributed by atoms with Crippen molar-refractivity contribution in [3.05, 3.63) is 47.7 Å². The predicted octanol–water partition coefficient (Wildman–Crippen LogP) is 2.16. The van der Waals surface area contributed by atoms with Gasteiger partial charge in [0.05, 0.1) is 0 Å². The minimum atomic E-state index is -0.357. The van der Waals surface area contributed by atoms with Crippen molar-refractivity contribution in [3.8, 4) is 11.5 Å². The van der Waals surface area contributed by atoms with Gasteiger partial charge in [-0.15, -0.1) is 10.2 Å². The Kier molecular flexibility index (Phi) is 2.79. The van der Waals surface area contributed by atoms with E-state index in [-0.39, 0.29) is 18.1 Å². The topological polar surface area (TPSA) is 77.8 Å². The summed E-state index contributed by atoms with van der Waals surface area (Å²) in [5.41, 5.74) is 0.528. The number of hydrogen-bond acceptors (Lipinski definition) is 6. The van der Waals surface area contributed by atoms with Gasteiger partial charge in [0.15, 0.2) is 5.82 Å². The Labute approximate surface area is 107 Å². The average molecular weight is 260 g/mol. The Balaban J connectivity index is 1.83. The van der Waals surface area contributed by atoms with Crippen LogP contribution >= 0.6 is 0 Å². The molecule has 2 aromatic heterocycles. The van der Waals surface area contributed by atoms with Gasteiger partial charge in [0, 0.05) is 5.56 Å². The lowest BCUT2D eigenvalue weighted by Crippen LogP contribution is -1.88. The van der Waals surface area contributed by atoms with Crippen molar-refractivity contribution in [1.29, 1.82) is 0 Å². The zero-order valence-corrected chi connectivity index (χ0v) is 10.00. The highest BCUT2D eigenvalue weighted by Gasteiger charge is 2.12. The Bertz CT molecular complexity index is 707. The third-order valence-electron chi connectivity index (χ3n) is 2.41. The first-order valence-corrected chi connectivity index (χ1v) is 5.58. The van der Waals surface area contributed by atoms with Crippen LogP contribution in [0.25, 0.3) is 11.5 Å². The normalized spacial score (nSPS) is 10.8. The van der Waals surface area contributed by atoms with Gasteiger partial charge in [0.2, 0.25) is 17.7 Å². The summed E-state index contributed by atoms with van der Waals surface area (Å²) in [6.07, 6.45) is 0.253. The van der Waals surface area contributed by atoms with Crippen LogP contribution in [-0.4, -0.2) is 20.3 Å². The SMILES string of the molecule is Cc1noc(Cc2nnc(-c3cccc(F)c3)o2)n1. The van der Waals surface area contributed by atoms with Gasteiger partial charge in [-0.25, -0.2) is 4.39 Å². The second-order valence-corrected chi connectivity index (χ2v) is 3.92. The van der Waals surface area contributed by atoms with Crippen LogP contribution < -0.4 is 0 Å². The summed E-state index contributed by atoms with van der Waals surface area (Å²) in [6.45, 7) is 1.72. The minimum absolute atomic E-state index is 0.253. The molecule has 0 bridgehead atoms. The average Bonchev–Trinajstić information content (AvgIpc) is 2.99. The molecule has 6 nitrogen and oxygen atoms in total. The van der Waals surface area contributed by atoms with Crippen molar-refractivity contribution in [2.24, 2.45) is 0 Å². The Morgan fingerprint density at radius 1 is 1.21 bits per heavy atom. The molecule has 0 spiro atoms. The first-order valence-electron chi connectivity index (χ1n) is 5.58. The first kappa shape index (κ1) is 11.5. The van der Waals surface area contributed by atoms with Crippen LogP contribution in [0.2, 0.25) is 0 Å². The monoisotopic (exact) mass is 260 g/mol. The zero-order chi connectivity index (χ0) is 13.2. The number of aromatic nitrogens is 4. The van der Waals surface area contributed by atoms with Crippen molar-refractivity contribution in [2.75, 3.05) is 0 Å². The molecule has 7 heteroatoms. The number of benzene rings is 1. The molecule has 0 aliphatic heterocycles. The smallest absolute Gasteiger partial charge is 0.247 e. The van der Waals surface area contributed by atoms with Gasteiger partial charge in [0.1, 0.15) is 12.2 Å². The molecule has 0 radical (unpaired) electrons. The van der Waals surface area contributed by atoms with Crippen LogP contribution in [0.1, 0.15) is 17.6 Å². The van der Waals surface area contributed by atoms with Crippen LogP contribution in [0.15, 0.2) is 33.2 Å². The molecule has 0 atom stereocenters. The quantitative estimate of drug-likeness (QED) is 0.718. The molecule has 0 saturated heterocycles. The third kappa shape index (κ3) is 2.49. The fourth-order valence-corrected chi connectivity index (χ4v) is 1.60. The maximum absolute atomic E-state index is 13.1. The zero-order valence-electron chi connectivity index (χ0n) is 10.00. The maximum Gasteiger partial charge on any atom is 0.247 e. The summed E-state index contributed by atoms with van der Waals surface area (Å²) in [7, 11) is 0. The van der Waals surface area contributed by atoms with Gasteiger partial charge >= 0.3 is 0 Å². The van der Waals surface area contributed by atoms with Crippen molar-refractivity contribution < 1.29 is 13.3 Å². The van der Waals surface area contributed by atoms with E-state index >= 15 is 0 Å². The van der Waals surface area contributed by atoms with Gasteiger partial charge in [-0.3, -0.25) is 0 Å². The lowest BCUT2D eigenvalue weighted by molar-refractivity contribution is 0.370. The Morgan fingerprint density at radius 2 is 2.11 bits per heavy atom. The number of aryl methyl sites for hydroxylation is 1. The van der Waals surface area contributed by atoms with E-state index in [1.54, 1.807) is 19.1 Å². The summed E-state index contributed by atoms with van der Waals surface area (Å²) >= 11 is 0. The number of hydrogen-bond donors (Lipinski definition) is 0. The van der Waals surface area contributed by atoms with E-state index in [1.807, 2.05) is 0 Å². The number of nitrogens with zero attached hydrogens (tertiary/aromatic N) is 4. The standard InChI is InChI=1S/C12H9FN4O2/c1-7-14-10(19-17-7)6-11-15-16-12(18-11)8-3-2-4-9(13)5-8/h2-5H,6H2,1H3. The van der Waals surface area contributed by atoms with Gasteiger partial charge in [0.25, 0.3) is 0 Å². The highest BCUT2D eigenvalue weighted by Crippen LogP contribution is 2.19. The predicted molar refractivity (Wildman–Crippen MR) is 61.5 cm³/mol. The first-order chi connectivity index (χ1) is 9.20. The summed E-state index contributed by atoms with van der Waals surface area (Å²) < 4.78 is 23.5. The van der Waals surface area contributed by atoms with Crippen molar-refractivity contribution >= 4 is 0 Å². The summed E-state index contributed by atoms with van der Waals surface area (Å²) in [5, 5.41) is 11.4. The highest BCUT2D eigenvalue weighted by atomic mass is 19.1. The second kappa shape index (κ2) is 4.60. The maximum atomic E-state index is 13.1. The van der Waals surface area contributed by atoms with Crippen LogP contribution in [0.4, 0.5) is 4.39 Å². The Hall–Kier alpha value is -2.57. The van der Waals surface area contributed by atoms with Gasteiger partial charge < -0.3 is 8.94 Å². The summed E-state index contributed by atoms with van der Waals surface area (Å²) in [5.74, 6) is 1.17. The number of halogens is 1. The summed E-state index contributed by atoms with van der Waals surface area (Å²) in [4.78, 5) is 4.04. The van der Waals surface area contributed by atoms with E-state index in [1.165, 1.54) is 12.1 Å². The van der Waals surface area contributed by atoms with Crippen molar-refractivity contribution in [3.63, 3.8) is 0 Å². The minimum Gasteiger partial charge on any atom is -0.420 e. The van der Waals surface area contributed by atoms with Gasteiger partial charge in [-0.05, 0) is 25.1 Å². The molecule has 1 aromatic carbocycles. The molecule has 0 N–H and O–H groups in total. The molecule has 0 aliphatic carbocycles. The van der Waals surface area contributed by atoms with Crippen LogP contribution in [-0.2, 0) is 6.42 Å². The van der Waals surface area contributed by atoms with E-state index in [0.717, 1.165) is 0 Å². The molecule has 0 saturated carbocycles. The molecular formula is C12H9FN4O2. The molecule has 19 heavy (non-hydrogen) atoms. The molecule has 3 aromatic rings. The third-order valence-corrected chi connectivity index (χ3v) is 2.41. The van der Waals surface area contributed by atoms with E-state index in [2.05, 4.69) is 20.3 Å². The van der Waals surface area contributed by atoms with E-state index in [0.29, 0.717) is 23.2 Å². The molecular weight excluding hydrogens is 251 g/mol. The second-order valence-electron chi connectivity index (χ2n) is 3.92. The molecule has 2 heterocycles. The lowest BCUT2D eigenvalue weighted by Gasteiger charge is -1.93. The fraction of sp³-hybridized carbons (Fsp3) is 0.167. The van der Waals surface area contributed by atoms with Crippen LogP contribution in [0.5, 0.6) is 0 Å². The Morgan fingerprint density at radius 3 is 2.84 bits per heavy atom. The molecule has 0 fully saturated rings. The molecule has 0 unspecified atom stereocenters. The van der Waals surface area contributed by atoms with Crippen LogP contribution in [0, 0.1) is 12.7 Å². The van der Waals surface area contributed by atoms with Gasteiger partial charge in [-0.1, -0.05) is 11.2 Å². The van der Waals surface area contributed by atoms with Crippen molar-refractivity contribution in [1.82, 2.24) is 20.3 Å². The summed E-state index contributed by atoms with van der Waals surface area (Å²) in [6, 6.07) is 5.95. The van der Waals surface area contributed by atoms with E-state index < -0.39 is 0 Å². The number of rotatable bonds is 3. The molecule has 96 valence electrons.